The van der Waals surface area contributed by atoms with Crippen LogP contribution in [0.5, 0.6) is 0 Å². The first kappa shape index (κ1) is 24.7. The Hall–Kier alpha value is -3.65. The monoisotopic (exact) mass is 556 g/mol. The average Bonchev–Trinajstić information content (AvgIpc) is 3.27. The lowest BCUT2D eigenvalue weighted by Gasteiger charge is -2.41. The molecule has 0 amide bonds. The molecule has 0 radical (unpaired) electrons. The van der Waals surface area contributed by atoms with Gasteiger partial charge in [0.15, 0.2) is 22.3 Å². The fourth-order valence-electron chi connectivity index (χ4n) is 4.74. The molecule has 1 aromatic carbocycles. The molecule has 1 unspecified atom stereocenters. The average molecular weight is 557 g/mol. The molecule has 38 heavy (non-hydrogen) atoms. The van der Waals surface area contributed by atoms with E-state index in [0.29, 0.717) is 18.1 Å². The van der Waals surface area contributed by atoms with Gasteiger partial charge in [-0.05, 0) is 24.6 Å². The van der Waals surface area contributed by atoms with Crippen molar-refractivity contribution in [1.82, 2.24) is 24.1 Å². The van der Waals surface area contributed by atoms with E-state index in [9.17, 15) is 14.0 Å². The number of Topliss-reactive ketones (excluding diaryl/α,β-unsaturated/α-hetero) is 1. The minimum absolute atomic E-state index is 0.0586. The van der Waals surface area contributed by atoms with E-state index in [2.05, 4.69) is 33.0 Å². The zero-order valence-corrected chi connectivity index (χ0v) is 21.5. The number of anilines is 3. The third-order valence-electron chi connectivity index (χ3n) is 6.55. The SMILES string of the molecule is Nc1nc2c(c(N3C[C@@H](F)C(S)C[C@H]3Sc3nn4ccc(F)c4c(=O)n3-c3ccccc3)n1)C(=O)CCN2. The van der Waals surface area contributed by atoms with Crippen molar-refractivity contribution >= 4 is 53.3 Å². The van der Waals surface area contributed by atoms with E-state index >= 15 is 4.39 Å². The van der Waals surface area contributed by atoms with Gasteiger partial charge in [-0.1, -0.05) is 30.0 Å². The van der Waals surface area contributed by atoms with E-state index in [1.807, 2.05) is 0 Å². The van der Waals surface area contributed by atoms with Crippen molar-refractivity contribution in [3.8, 4) is 5.69 Å². The first-order chi connectivity index (χ1) is 18.3. The number of halogens is 2. The number of para-hydroxylation sites is 1. The van der Waals surface area contributed by atoms with Gasteiger partial charge in [0, 0.05) is 24.4 Å². The van der Waals surface area contributed by atoms with E-state index in [0.717, 1.165) is 0 Å². The maximum Gasteiger partial charge on any atom is 0.286 e. The molecule has 3 aromatic heterocycles. The highest BCUT2D eigenvalue weighted by molar-refractivity contribution is 7.99. The number of nitrogen functional groups attached to an aromatic ring is 1. The van der Waals surface area contributed by atoms with Gasteiger partial charge < -0.3 is 16.0 Å². The van der Waals surface area contributed by atoms with Crippen LogP contribution in [0.4, 0.5) is 26.4 Å². The lowest BCUT2D eigenvalue weighted by Crippen LogP contribution is -2.49. The van der Waals surface area contributed by atoms with Gasteiger partial charge in [0.1, 0.15) is 23.4 Å². The molecular weight excluding hydrogens is 534 g/mol. The molecule has 2 aliphatic heterocycles. The van der Waals surface area contributed by atoms with E-state index in [1.54, 1.807) is 35.2 Å². The Labute approximate surface area is 224 Å². The van der Waals surface area contributed by atoms with Gasteiger partial charge in [-0.15, -0.1) is 5.10 Å². The van der Waals surface area contributed by atoms with Crippen molar-refractivity contribution in [1.29, 1.82) is 0 Å². The molecular formula is C24H22F2N8O2S2. The van der Waals surface area contributed by atoms with Crippen LogP contribution in [0.2, 0.25) is 0 Å². The Morgan fingerprint density at radius 2 is 1.95 bits per heavy atom. The molecule has 3 N–H and O–H groups in total. The summed E-state index contributed by atoms with van der Waals surface area (Å²) in [5.74, 6) is -0.403. The van der Waals surface area contributed by atoms with Gasteiger partial charge in [-0.25, -0.2) is 13.3 Å². The number of nitrogens with one attached hydrogen (secondary N) is 1. The van der Waals surface area contributed by atoms with Gasteiger partial charge in [0.05, 0.1) is 17.6 Å². The predicted octanol–water partition coefficient (Wildman–Crippen LogP) is 2.96. The minimum Gasteiger partial charge on any atom is -0.369 e. The molecule has 2 aliphatic rings. The van der Waals surface area contributed by atoms with Crippen LogP contribution in [0.1, 0.15) is 23.2 Å². The maximum atomic E-state index is 15.1. The highest BCUT2D eigenvalue weighted by Crippen LogP contribution is 2.40. The number of hydrogen-bond acceptors (Lipinski definition) is 10. The molecule has 6 rings (SSSR count). The third-order valence-corrected chi connectivity index (χ3v) is 8.27. The number of thioether (sulfide) groups is 1. The number of hydrogen-bond donors (Lipinski definition) is 3. The lowest BCUT2D eigenvalue weighted by molar-refractivity contribution is 0.0983. The summed E-state index contributed by atoms with van der Waals surface area (Å²) in [6.45, 7) is 0.295. The van der Waals surface area contributed by atoms with E-state index < -0.39 is 28.2 Å². The molecule has 0 saturated carbocycles. The molecule has 0 spiro atoms. The summed E-state index contributed by atoms with van der Waals surface area (Å²) in [6.07, 6.45) is 0.518. The van der Waals surface area contributed by atoms with Crippen LogP contribution in [-0.4, -0.2) is 59.8 Å². The summed E-state index contributed by atoms with van der Waals surface area (Å²) in [4.78, 5) is 36.6. The van der Waals surface area contributed by atoms with E-state index in [1.165, 1.54) is 33.1 Å². The summed E-state index contributed by atoms with van der Waals surface area (Å²) in [6, 6.07) is 9.92. The summed E-state index contributed by atoms with van der Waals surface area (Å²) in [5.41, 5.74) is 5.93. The maximum absolute atomic E-state index is 15.1. The first-order valence-electron chi connectivity index (χ1n) is 11.9. The van der Waals surface area contributed by atoms with Crippen LogP contribution in [-0.2, 0) is 0 Å². The number of thiol groups is 1. The van der Waals surface area contributed by atoms with Crippen LogP contribution in [0.15, 0.2) is 52.5 Å². The number of alkyl halides is 1. The Morgan fingerprint density at radius 3 is 2.74 bits per heavy atom. The van der Waals surface area contributed by atoms with Gasteiger partial charge >= 0.3 is 0 Å². The fourth-order valence-corrected chi connectivity index (χ4v) is 6.46. The quantitative estimate of drug-likeness (QED) is 0.326. The highest BCUT2D eigenvalue weighted by atomic mass is 32.2. The van der Waals surface area contributed by atoms with Gasteiger partial charge in [-0.2, -0.15) is 22.6 Å². The van der Waals surface area contributed by atoms with Crippen LogP contribution in [0.3, 0.4) is 0 Å². The Kier molecular flexibility index (Phi) is 6.22. The zero-order chi connectivity index (χ0) is 26.6. The van der Waals surface area contributed by atoms with Crippen molar-refractivity contribution in [2.75, 3.05) is 29.0 Å². The van der Waals surface area contributed by atoms with Crippen LogP contribution in [0.25, 0.3) is 11.2 Å². The van der Waals surface area contributed by atoms with E-state index in [4.69, 9.17) is 5.73 Å². The summed E-state index contributed by atoms with van der Waals surface area (Å²) < 4.78 is 32.1. The predicted molar refractivity (Wildman–Crippen MR) is 144 cm³/mol. The Morgan fingerprint density at radius 1 is 1.16 bits per heavy atom. The molecule has 5 heterocycles. The third kappa shape index (κ3) is 4.17. The summed E-state index contributed by atoms with van der Waals surface area (Å²) in [5, 5.41) is 6.70. The van der Waals surface area contributed by atoms with Crippen LogP contribution in [0, 0.1) is 5.82 Å². The summed E-state index contributed by atoms with van der Waals surface area (Å²) in [7, 11) is 0. The van der Waals surface area contributed by atoms with Gasteiger partial charge in [-0.3, -0.25) is 14.2 Å². The number of fused-ring (bicyclic) bond motifs is 2. The van der Waals surface area contributed by atoms with Crippen LogP contribution >= 0.6 is 24.4 Å². The molecule has 10 nitrogen and oxygen atoms in total. The molecule has 1 fully saturated rings. The smallest absolute Gasteiger partial charge is 0.286 e. The number of piperidine rings is 1. The standard InChI is InChI=1S/C24H22F2N8O2S2/c25-13-7-9-33-19(13)22(36)34(12-4-2-1-3-5-12)24(31-33)38-17-10-16(37)14(26)11-32(17)21-18-15(35)6-8-28-20(18)29-23(27)30-21/h1-5,7,9,14,16-17,37H,6,8,10-11H2,(H3,27,28,29,30)/t14-,16?,17-/m1/s1. The number of benzene rings is 1. The van der Waals surface area contributed by atoms with E-state index in [-0.39, 0.29) is 53.2 Å². The minimum atomic E-state index is -1.32. The Balaban J connectivity index is 1.50. The van der Waals surface area contributed by atoms with Crippen molar-refractivity contribution in [2.45, 2.75) is 34.8 Å². The largest absolute Gasteiger partial charge is 0.369 e. The summed E-state index contributed by atoms with van der Waals surface area (Å²) >= 11 is 5.63. The fraction of sp³-hybridized carbons (Fsp3) is 0.292. The number of nitrogens with zero attached hydrogens (tertiary/aromatic N) is 6. The second-order valence-electron chi connectivity index (χ2n) is 8.99. The Bertz CT molecular complexity index is 1610. The number of carbonyl (C=O) groups is 1. The molecule has 0 aliphatic carbocycles. The van der Waals surface area contributed by atoms with Crippen molar-refractivity contribution < 1.29 is 13.6 Å². The van der Waals surface area contributed by atoms with Crippen molar-refractivity contribution in [2.24, 2.45) is 0 Å². The van der Waals surface area contributed by atoms with Gasteiger partial charge in [0.25, 0.3) is 5.56 Å². The molecule has 4 aromatic rings. The number of nitrogens with two attached hydrogens (primary N) is 1. The number of rotatable bonds is 4. The molecule has 0 bridgehead atoms. The zero-order valence-electron chi connectivity index (χ0n) is 19.8. The lowest BCUT2D eigenvalue weighted by atomic mass is 10.0. The molecule has 1 saturated heterocycles. The number of ketones is 1. The highest BCUT2D eigenvalue weighted by Gasteiger charge is 2.39. The first-order valence-corrected chi connectivity index (χ1v) is 13.3. The normalized spacial score (nSPS) is 21.4. The van der Waals surface area contributed by atoms with Crippen molar-refractivity contribution in [3.63, 3.8) is 0 Å². The van der Waals surface area contributed by atoms with Crippen molar-refractivity contribution in [3.05, 3.63) is 64.3 Å². The molecule has 196 valence electrons. The molecule has 14 heteroatoms. The molecule has 3 atom stereocenters. The number of carbonyl (C=O) groups excluding carboxylic acids is 1. The second kappa shape index (κ2) is 9.58. The second-order valence-corrected chi connectivity index (χ2v) is 10.8. The van der Waals surface area contributed by atoms with Crippen LogP contribution < -0.4 is 21.5 Å². The topological polar surface area (TPSA) is 123 Å². The number of aromatic nitrogens is 5. The van der Waals surface area contributed by atoms with Gasteiger partial charge in [0.2, 0.25) is 5.95 Å².